The molecule has 0 saturated carbocycles. The van der Waals surface area contributed by atoms with Crippen molar-refractivity contribution < 1.29 is 19.1 Å². The SMILES string of the molecule is COC(=O)c1cccc(NC(=O)CCc2ccc(OC)c(N)c2)c1. The molecule has 6 nitrogen and oxygen atoms in total. The van der Waals surface area contributed by atoms with Gasteiger partial charge in [0, 0.05) is 12.1 Å². The van der Waals surface area contributed by atoms with Crippen LogP contribution in [0, 0.1) is 0 Å². The number of esters is 1. The molecule has 24 heavy (non-hydrogen) atoms. The quantitative estimate of drug-likeness (QED) is 0.628. The maximum atomic E-state index is 12.1. The van der Waals surface area contributed by atoms with Gasteiger partial charge in [0.25, 0.3) is 0 Å². The second-order valence-corrected chi connectivity index (χ2v) is 5.20. The number of aryl methyl sites for hydroxylation is 1. The van der Waals surface area contributed by atoms with Crippen molar-refractivity contribution in [2.45, 2.75) is 12.8 Å². The van der Waals surface area contributed by atoms with Crippen LogP contribution in [0.2, 0.25) is 0 Å². The summed E-state index contributed by atoms with van der Waals surface area (Å²) in [4.78, 5) is 23.6. The summed E-state index contributed by atoms with van der Waals surface area (Å²) in [5.41, 5.74) is 8.28. The van der Waals surface area contributed by atoms with Gasteiger partial charge in [0.05, 0.1) is 25.5 Å². The van der Waals surface area contributed by atoms with Gasteiger partial charge in [-0.15, -0.1) is 0 Å². The third kappa shape index (κ3) is 4.49. The zero-order valence-electron chi connectivity index (χ0n) is 13.7. The fraction of sp³-hybridized carbons (Fsp3) is 0.222. The molecule has 1 amide bonds. The van der Waals surface area contributed by atoms with Crippen LogP contribution < -0.4 is 15.8 Å². The number of nitrogens with one attached hydrogen (secondary N) is 1. The number of carbonyl (C=O) groups is 2. The van der Waals surface area contributed by atoms with Crippen molar-refractivity contribution in [1.29, 1.82) is 0 Å². The van der Waals surface area contributed by atoms with Crippen molar-refractivity contribution in [3.05, 3.63) is 53.6 Å². The predicted molar refractivity (Wildman–Crippen MR) is 92.1 cm³/mol. The average molecular weight is 328 g/mol. The number of rotatable bonds is 6. The van der Waals surface area contributed by atoms with Crippen molar-refractivity contribution in [3.8, 4) is 5.75 Å². The molecule has 126 valence electrons. The summed E-state index contributed by atoms with van der Waals surface area (Å²) in [5, 5.41) is 2.77. The van der Waals surface area contributed by atoms with Gasteiger partial charge in [0.2, 0.25) is 5.91 Å². The molecular weight excluding hydrogens is 308 g/mol. The number of carbonyl (C=O) groups excluding carboxylic acids is 2. The van der Waals surface area contributed by atoms with Crippen LogP contribution in [0.1, 0.15) is 22.3 Å². The summed E-state index contributed by atoms with van der Waals surface area (Å²) in [7, 11) is 2.87. The van der Waals surface area contributed by atoms with E-state index >= 15 is 0 Å². The van der Waals surface area contributed by atoms with E-state index in [9.17, 15) is 9.59 Å². The lowest BCUT2D eigenvalue weighted by molar-refractivity contribution is -0.116. The number of ether oxygens (including phenoxy) is 2. The molecule has 3 N–H and O–H groups in total. The van der Waals surface area contributed by atoms with E-state index in [0.29, 0.717) is 35.5 Å². The number of methoxy groups -OCH3 is 2. The lowest BCUT2D eigenvalue weighted by Gasteiger charge is -2.08. The Kier molecular flexibility index (Phi) is 5.78. The van der Waals surface area contributed by atoms with E-state index in [1.165, 1.54) is 7.11 Å². The Hall–Kier alpha value is -3.02. The Morgan fingerprint density at radius 2 is 1.92 bits per heavy atom. The van der Waals surface area contributed by atoms with Crippen LogP contribution in [0.15, 0.2) is 42.5 Å². The molecule has 0 unspecified atom stereocenters. The highest BCUT2D eigenvalue weighted by Crippen LogP contribution is 2.22. The normalized spacial score (nSPS) is 10.1. The second kappa shape index (κ2) is 8.01. The first-order chi connectivity index (χ1) is 11.5. The van der Waals surface area contributed by atoms with Crippen molar-refractivity contribution in [2.24, 2.45) is 0 Å². The Balaban J connectivity index is 1.94. The van der Waals surface area contributed by atoms with Crippen molar-refractivity contribution in [1.82, 2.24) is 0 Å². The van der Waals surface area contributed by atoms with E-state index in [-0.39, 0.29) is 5.91 Å². The van der Waals surface area contributed by atoms with Crippen molar-refractivity contribution in [3.63, 3.8) is 0 Å². The smallest absolute Gasteiger partial charge is 0.337 e. The molecule has 0 aromatic heterocycles. The standard InChI is InChI=1S/C18H20N2O4/c1-23-16-8-6-12(10-15(16)19)7-9-17(21)20-14-5-3-4-13(11-14)18(22)24-2/h3-6,8,10-11H,7,9,19H2,1-2H3,(H,20,21). The molecule has 6 heteroatoms. The number of benzene rings is 2. The van der Waals surface area contributed by atoms with Crippen LogP contribution in [0.3, 0.4) is 0 Å². The van der Waals surface area contributed by atoms with Crippen LogP contribution in [-0.2, 0) is 16.0 Å². The Labute approximate surface area is 140 Å². The first kappa shape index (κ1) is 17.3. The molecule has 0 heterocycles. The predicted octanol–water partition coefficient (Wildman–Crippen LogP) is 2.64. The van der Waals surface area contributed by atoms with Gasteiger partial charge in [-0.3, -0.25) is 4.79 Å². The summed E-state index contributed by atoms with van der Waals surface area (Å²) < 4.78 is 9.76. The molecule has 0 bridgehead atoms. The van der Waals surface area contributed by atoms with E-state index in [2.05, 4.69) is 10.1 Å². The highest BCUT2D eigenvalue weighted by Gasteiger charge is 2.08. The highest BCUT2D eigenvalue weighted by atomic mass is 16.5. The summed E-state index contributed by atoms with van der Waals surface area (Å²) in [5.74, 6) is 0.0223. The molecule has 2 rings (SSSR count). The van der Waals surface area contributed by atoms with E-state index in [0.717, 1.165) is 5.56 Å². The number of hydrogen-bond donors (Lipinski definition) is 2. The third-order valence-electron chi connectivity index (χ3n) is 3.50. The lowest BCUT2D eigenvalue weighted by Crippen LogP contribution is -2.13. The molecular formula is C18H20N2O4. The van der Waals surface area contributed by atoms with Gasteiger partial charge >= 0.3 is 5.97 Å². The third-order valence-corrected chi connectivity index (χ3v) is 3.50. The summed E-state index contributed by atoms with van der Waals surface area (Å²) in [6.07, 6.45) is 0.852. The first-order valence-electron chi connectivity index (χ1n) is 7.44. The molecule has 0 radical (unpaired) electrons. The van der Waals surface area contributed by atoms with Crippen molar-refractivity contribution >= 4 is 23.3 Å². The van der Waals surface area contributed by atoms with E-state index in [1.54, 1.807) is 43.5 Å². The number of hydrogen-bond acceptors (Lipinski definition) is 5. The molecule has 0 aliphatic carbocycles. The van der Waals surface area contributed by atoms with Crippen LogP contribution in [0.25, 0.3) is 0 Å². The van der Waals surface area contributed by atoms with Gasteiger partial charge in [-0.05, 0) is 42.3 Å². The zero-order valence-corrected chi connectivity index (χ0v) is 13.7. The van der Waals surface area contributed by atoms with Gasteiger partial charge in [0.15, 0.2) is 0 Å². The van der Waals surface area contributed by atoms with E-state index in [4.69, 9.17) is 10.5 Å². The maximum Gasteiger partial charge on any atom is 0.337 e. The van der Waals surface area contributed by atoms with Crippen LogP contribution in [0.4, 0.5) is 11.4 Å². The minimum atomic E-state index is -0.445. The Bertz CT molecular complexity index is 744. The van der Waals surface area contributed by atoms with E-state index < -0.39 is 5.97 Å². The molecule has 0 spiro atoms. The lowest BCUT2D eigenvalue weighted by atomic mass is 10.1. The minimum Gasteiger partial charge on any atom is -0.495 e. The van der Waals surface area contributed by atoms with Gasteiger partial charge in [-0.25, -0.2) is 4.79 Å². The number of nitrogens with two attached hydrogens (primary N) is 1. The summed E-state index contributed by atoms with van der Waals surface area (Å²) >= 11 is 0. The Morgan fingerprint density at radius 1 is 1.12 bits per heavy atom. The second-order valence-electron chi connectivity index (χ2n) is 5.20. The Morgan fingerprint density at radius 3 is 2.58 bits per heavy atom. The fourth-order valence-electron chi connectivity index (χ4n) is 2.26. The first-order valence-corrected chi connectivity index (χ1v) is 7.44. The van der Waals surface area contributed by atoms with Crippen LogP contribution in [-0.4, -0.2) is 26.1 Å². The van der Waals surface area contributed by atoms with Gasteiger partial charge in [-0.1, -0.05) is 12.1 Å². The number of nitrogen functional groups attached to an aromatic ring is 1. The zero-order chi connectivity index (χ0) is 17.5. The summed E-state index contributed by atoms with van der Waals surface area (Å²) in [6, 6.07) is 12.1. The van der Waals surface area contributed by atoms with Crippen LogP contribution in [0.5, 0.6) is 5.75 Å². The molecule has 0 fully saturated rings. The number of anilines is 2. The topological polar surface area (TPSA) is 90.6 Å². The highest BCUT2D eigenvalue weighted by molar-refractivity contribution is 5.94. The van der Waals surface area contributed by atoms with Gasteiger partial charge < -0.3 is 20.5 Å². The number of amides is 1. The summed E-state index contributed by atoms with van der Waals surface area (Å²) in [6.45, 7) is 0. The monoisotopic (exact) mass is 328 g/mol. The van der Waals surface area contributed by atoms with Crippen molar-refractivity contribution in [2.75, 3.05) is 25.3 Å². The molecule has 0 aliphatic rings. The molecule has 0 atom stereocenters. The molecule has 2 aromatic carbocycles. The fourth-order valence-corrected chi connectivity index (χ4v) is 2.26. The minimum absolute atomic E-state index is 0.147. The average Bonchev–Trinajstić information content (AvgIpc) is 2.59. The maximum absolute atomic E-state index is 12.1. The van der Waals surface area contributed by atoms with Gasteiger partial charge in [-0.2, -0.15) is 0 Å². The van der Waals surface area contributed by atoms with Crippen LogP contribution >= 0.6 is 0 Å². The van der Waals surface area contributed by atoms with E-state index in [1.807, 2.05) is 6.07 Å². The molecule has 2 aromatic rings. The molecule has 0 aliphatic heterocycles. The van der Waals surface area contributed by atoms with Gasteiger partial charge in [0.1, 0.15) is 5.75 Å². The largest absolute Gasteiger partial charge is 0.495 e. The molecule has 0 saturated heterocycles.